The van der Waals surface area contributed by atoms with E-state index in [-0.39, 0.29) is 0 Å². The van der Waals surface area contributed by atoms with Crippen molar-refractivity contribution in [2.24, 2.45) is 0 Å². The number of hydrogen-bond donors (Lipinski definition) is 0. The van der Waals surface area contributed by atoms with Crippen molar-refractivity contribution in [2.45, 2.75) is 0 Å². The topological polar surface area (TPSA) is 51.8 Å². The van der Waals surface area contributed by atoms with E-state index in [1.54, 1.807) is 0 Å². The lowest BCUT2D eigenvalue weighted by Gasteiger charge is -2.17. The molecular formula is C55H33N3O. The highest BCUT2D eigenvalue weighted by Crippen LogP contribution is 2.44. The van der Waals surface area contributed by atoms with Crippen LogP contribution in [0.5, 0.6) is 0 Å². The molecule has 59 heavy (non-hydrogen) atoms. The molecule has 0 amide bonds. The lowest BCUT2D eigenvalue weighted by atomic mass is 9.90. The first kappa shape index (κ1) is 33.2. The van der Waals surface area contributed by atoms with Gasteiger partial charge in [0, 0.05) is 21.9 Å². The van der Waals surface area contributed by atoms with Gasteiger partial charge >= 0.3 is 0 Å². The molecule has 0 saturated heterocycles. The SMILES string of the molecule is c1ccc(-c2cc3ccccc3c3ccccc23)c(-c2nc(-c3c(-c4cccc5ccccc45)ccc4ccccc34)nc(-c3cccc4c3oc3ccccc34)n2)c1. The fourth-order valence-corrected chi connectivity index (χ4v) is 9.04. The van der Waals surface area contributed by atoms with Gasteiger partial charge in [0.15, 0.2) is 17.5 Å². The summed E-state index contributed by atoms with van der Waals surface area (Å²) < 4.78 is 6.62. The second-order valence-corrected chi connectivity index (χ2v) is 15.1. The van der Waals surface area contributed by atoms with Crippen molar-refractivity contribution < 1.29 is 4.42 Å². The maximum Gasteiger partial charge on any atom is 0.167 e. The van der Waals surface area contributed by atoms with Gasteiger partial charge in [-0.25, -0.2) is 15.0 Å². The highest BCUT2D eigenvalue weighted by molar-refractivity contribution is 6.15. The second-order valence-electron chi connectivity index (χ2n) is 15.1. The molecule has 0 spiro atoms. The van der Waals surface area contributed by atoms with Gasteiger partial charge in [0.1, 0.15) is 11.2 Å². The summed E-state index contributed by atoms with van der Waals surface area (Å²) in [6.07, 6.45) is 0. The van der Waals surface area contributed by atoms with Crippen LogP contribution in [0, 0.1) is 0 Å². The van der Waals surface area contributed by atoms with Crippen LogP contribution in [0.25, 0.3) is 121 Å². The number of aromatic nitrogens is 3. The quantitative estimate of drug-likeness (QED) is 0.164. The third kappa shape index (κ3) is 5.34. The van der Waals surface area contributed by atoms with Gasteiger partial charge < -0.3 is 4.42 Å². The molecule has 0 bridgehead atoms. The molecule has 0 saturated carbocycles. The van der Waals surface area contributed by atoms with Crippen molar-refractivity contribution in [3.05, 3.63) is 200 Å². The Labute approximate surface area is 339 Å². The molecule has 2 heterocycles. The number of hydrogen-bond acceptors (Lipinski definition) is 4. The summed E-state index contributed by atoms with van der Waals surface area (Å²) in [7, 11) is 0. The van der Waals surface area contributed by atoms with Crippen LogP contribution in [0.15, 0.2) is 205 Å². The van der Waals surface area contributed by atoms with Crippen molar-refractivity contribution in [1.82, 2.24) is 15.0 Å². The normalized spacial score (nSPS) is 11.7. The van der Waals surface area contributed by atoms with Crippen LogP contribution in [0.2, 0.25) is 0 Å². The molecule has 0 unspecified atom stereocenters. The van der Waals surface area contributed by atoms with Crippen LogP contribution in [-0.2, 0) is 0 Å². The molecule has 274 valence electrons. The van der Waals surface area contributed by atoms with Gasteiger partial charge in [-0.15, -0.1) is 0 Å². The molecule has 2 aromatic heterocycles. The first-order valence-corrected chi connectivity index (χ1v) is 19.9. The molecule has 4 nitrogen and oxygen atoms in total. The van der Waals surface area contributed by atoms with E-state index in [1.807, 2.05) is 18.2 Å². The summed E-state index contributed by atoms with van der Waals surface area (Å²) in [6, 6.07) is 70.5. The zero-order chi connectivity index (χ0) is 38.9. The van der Waals surface area contributed by atoms with Crippen molar-refractivity contribution >= 4 is 65.0 Å². The number of nitrogens with zero attached hydrogens (tertiary/aromatic N) is 3. The minimum Gasteiger partial charge on any atom is -0.455 e. The van der Waals surface area contributed by atoms with E-state index in [0.29, 0.717) is 17.5 Å². The van der Waals surface area contributed by atoms with Crippen molar-refractivity contribution in [1.29, 1.82) is 0 Å². The molecule has 0 N–H and O–H groups in total. The monoisotopic (exact) mass is 751 g/mol. The van der Waals surface area contributed by atoms with Crippen LogP contribution in [0.3, 0.4) is 0 Å². The molecule has 0 fully saturated rings. The molecule has 0 radical (unpaired) electrons. The number of rotatable bonds is 5. The zero-order valence-corrected chi connectivity index (χ0v) is 31.8. The van der Waals surface area contributed by atoms with E-state index in [9.17, 15) is 0 Å². The third-order valence-corrected chi connectivity index (χ3v) is 11.7. The first-order valence-electron chi connectivity index (χ1n) is 19.9. The van der Waals surface area contributed by atoms with Crippen LogP contribution in [0.4, 0.5) is 0 Å². The molecule has 0 aliphatic carbocycles. The van der Waals surface area contributed by atoms with Gasteiger partial charge in [-0.2, -0.15) is 0 Å². The van der Waals surface area contributed by atoms with Crippen LogP contribution in [0.1, 0.15) is 0 Å². The van der Waals surface area contributed by atoms with Crippen molar-refractivity contribution in [3.8, 4) is 56.4 Å². The lowest BCUT2D eigenvalue weighted by molar-refractivity contribution is 0.669. The van der Waals surface area contributed by atoms with Gasteiger partial charge in [0.05, 0.1) is 5.56 Å². The van der Waals surface area contributed by atoms with Crippen molar-refractivity contribution in [2.75, 3.05) is 0 Å². The summed E-state index contributed by atoms with van der Waals surface area (Å²) >= 11 is 0. The number of furan rings is 1. The molecular weight excluding hydrogens is 719 g/mol. The van der Waals surface area contributed by atoms with Gasteiger partial charge in [-0.1, -0.05) is 182 Å². The van der Waals surface area contributed by atoms with Gasteiger partial charge in [0.25, 0.3) is 0 Å². The minimum atomic E-state index is 0.546. The Bertz CT molecular complexity index is 3630. The fourth-order valence-electron chi connectivity index (χ4n) is 9.04. The maximum atomic E-state index is 6.62. The summed E-state index contributed by atoms with van der Waals surface area (Å²) in [4.78, 5) is 16.4. The summed E-state index contributed by atoms with van der Waals surface area (Å²) in [5, 5.41) is 11.4. The van der Waals surface area contributed by atoms with Gasteiger partial charge in [-0.3, -0.25) is 0 Å². The first-order chi connectivity index (χ1) is 29.3. The lowest BCUT2D eigenvalue weighted by Crippen LogP contribution is -2.03. The van der Waals surface area contributed by atoms with Gasteiger partial charge in [-0.05, 0) is 83.5 Å². The van der Waals surface area contributed by atoms with Gasteiger partial charge in [0.2, 0.25) is 0 Å². The highest BCUT2D eigenvalue weighted by atomic mass is 16.3. The predicted molar refractivity (Wildman–Crippen MR) is 244 cm³/mol. The predicted octanol–water partition coefficient (Wildman–Crippen LogP) is 14.7. The standard InChI is InChI=1S/C55H33N3O/c1-4-19-37-34(15-1)18-13-27-41(37)45-32-31-35-16-2-6-21-39(35)51(45)55-57-53(56-54(58-55)48-29-14-28-46-44-25-11-12-30-50(44)59-52(46)48)47-26-10-9-24-43(47)49-33-36-17-3-5-20-38(36)40-22-7-8-23-42(40)49/h1-33H. The Balaban J connectivity index is 1.19. The van der Waals surface area contributed by atoms with Crippen molar-refractivity contribution in [3.63, 3.8) is 0 Å². The fraction of sp³-hybridized carbons (Fsp3) is 0. The smallest absolute Gasteiger partial charge is 0.167 e. The Kier molecular flexibility index (Phi) is 7.50. The third-order valence-electron chi connectivity index (χ3n) is 11.7. The van der Waals surface area contributed by atoms with E-state index in [2.05, 4.69) is 182 Å². The van der Waals surface area contributed by atoms with Crippen LogP contribution < -0.4 is 0 Å². The van der Waals surface area contributed by atoms with E-state index in [0.717, 1.165) is 71.7 Å². The molecule has 12 aromatic rings. The Morgan fingerprint density at radius 3 is 1.63 bits per heavy atom. The maximum absolute atomic E-state index is 6.62. The second kappa shape index (κ2) is 13.3. The van der Waals surface area contributed by atoms with Crippen LogP contribution in [-0.4, -0.2) is 15.0 Å². The molecule has 0 aliphatic rings. The zero-order valence-electron chi connectivity index (χ0n) is 31.8. The Morgan fingerprint density at radius 1 is 0.271 bits per heavy atom. The summed E-state index contributed by atoms with van der Waals surface area (Å²) in [5.41, 5.74) is 8.60. The largest absolute Gasteiger partial charge is 0.455 e. The molecule has 4 heteroatoms. The van der Waals surface area contributed by atoms with E-state index in [1.165, 1.54) is 32.3 Å². The highest BCUT2D eigenvalue weighted by Gasteiger charge is 2.23. The summed E-state index contributed by atoms with van der Waals surface area (Å²) in [5.74, 6) is 1.73. The Hall–Kier alpha value is -7.95. The van der Waals surface area contributed by atoms with E-state index >= 15 is 0 Å². The Morgan fingerprint density at radius 2 is 0.797 bits per heavy atom. The average Bonchev–Trinajstić information content (AvgIpc) is 3.70. The minimum absolute atomic E-state index is 0.546. The van der Waals surface area contributed by atoms with Crippen LogP contribution >= 0.6 is 0 Å². The molecule has 12 rings (SSSR count). The molecule has 0 atom stereocenters. The molecule has 10 aromatic carbocycles. The number of benzene rings is 10. The average molecular weight is 752 g/mol. The summed E-state index contributed by atoms with van der Waals surface area (Å²) in [6.45, 7) is 0. The van der Waals surface area contributed by atoms with E-state index in [4.69, 9.17) is 19.4 Å². The molecule has 0 aliphatic heterocycles. The number of fused-ring (bicyclic) bond motifs is 8. The number of para-hydroxylation sites is 2. The van der Waals surface area contributed by atoms with E-state index < -0.39 is 0 Å².